The van der Waals surface area contributed by atoms with E-state index >= 15 is 0 Å². The van der Waals surface area contributed by atoms with Gasteiger partial charge >= 0.3 is 0 Å². The zero-order valence-corrected chi connectivity index (χ0v) is 11.4. The Morgan fingerprint density at radius 3 is 1.47 bits per heavy atom. The second kappa shape index (κ2) is 3.25. The summed E-state index contributed by atoms with van der Waals surface area (Å²) in [6.07, 6.45) is 4.54. The molecule has 2 bridgehead atoms. The van der Waals surface area contributed by atoms with Gasteiger partial charge in [-0.25, -0.2) is 0 Å². The average molecular weight is 208 g/mol. The van der Waals surface area contributed by atoms with Crippen molar-refractivity contribution in [3.63, 3.8) is 0 Å². The molecule has 0 heteroatoms. The second-order valence-electron chi connectivity index (χ2n) is 8.18. The maximum absolute atomic E-state index is 2.44. The molecule has 0 amide bonds. The van der Waals surface area contributed by atoms with Crippen LogP contribution in [0.3, 0.4) is 0 Å². The molecule has 3 fully saturated rings. The van der Waals surface area contributed by atoms with Crippen molar-refractivity contribution in [2.24, 2.45) is 34.5 Å². The fraction of sp³-hybridized carbons (Fsp3) is 1.00. The van der Waals surface area contributed by atoms with E-state index in [1.54, 1.807) is 0 Å². The van der Waals surface area contributed by atoms with Gasteiger partial charge in [-0.05, 0) is 53.8 Å². The Kier molecular flexibility index (Phi) is 2.48. The third kappa shape index (κ3) is 1.97. The van der Waals surface area contributed by atoms with Gasteiger partial charge in [-0.15, -0.1) is 0 Å². The zero-order chi connectivity index (χ0) is 11.4. The van der Waals surface area contributed by atoms with Crippen molar-refractivity contribution < 1.29 is 0 Å². The zero-order valence-electron chi connectivity index (χ0n) is 11.4. The lowest BCUT2D eigenvalue weighted by Crippen LogP contribution is -2.51. The number of fused-ring (bicyclic) bond motifs is 2. The molecule has 3 aliphatic carbocycles. The maximum atomic E-state index is 2.44. The second-order valence-corrected chi connectivity index (χ2v) is 8.18. The smallest absolute Gasteiger partial charge is 0.0308 e. The molecular formula is C15H28. The Labute approximate surface area is 95.8 Å². The summed E-state index contributed by atoms with van der Waals surface area (Å²) in [4.78, 5) is 0. The van der Waals surface area contributed by atoms with Crippen LogP contribution in [-0.4, -0.2) is 0 Å². The van der Waals surface area contributed by atoms with Gasteiger partial charge in [0.2, 0.25) is 0 Å². The number of hydrogen-bond donors (Lipinski definition) is 0. The first-order valence-corrected chi connectivity index (χ1v) is 6.69. The molecule has 0 aromatic carbocycles. The molecule has 0 spiro atoms. The lowest BCUT2D eigenvalue weighted by Gasteiger charge is -2.59. The molecule has 0 heterocycles. The van der Waals surface area contributed by atoms with Crippen LogP contribution >= 0.6 is 0 Å². The van der Waals surface area contributed by atoms with Crippen LogP contribution in [0.5, 0.6) is 0 Å². The first-order valence-electron chi connectivity index (χ1n) is 6.69. The molecule has 3 rings (SSSR count). The summed E-state index contributed by atoms with van der Waals surface area (Å²) in [5.74, 6) is 4.11. The summed E-state index contributed by atoms with van der Waals surface area (Å²) in [5.41, 5.74) is 1.09. The van der Waals surface area contributed by atoms with E-state index in [2.05, 4.69) is 41.5 Å². The van der Waals surface area contributed by atoms with Crippen LogP contribution in [0.15, 0.2) is 0 Å². The standard InChI is InChI=1S/C15H28/c1-14(2,3)12-8-10-7-11(9-12)13(10)15(4,5)6/h10-13H,7-9H2,1-6H3. The maximum Gasteiger partial charge on any atom is -0.0308 e. The van der Waals surface area contributed by atoms with Crippen LogP contribution in [0.1, 0.15) is 60.8 Å². The van der Waals surface area contributed by atoms with Gasteiger partial charge in [0.05, 0.1) is 0 Å². The summed E-state index contributed by atoms with van der Waals surface area (Å²) in [6, 6.07) is 0. The molecule has 0 aromatic heterocycles. The largest absolute Gasteiger partial charge is 0.0599 e. The predicted octanol–water partition coefficient (Wildman–Crippen LogP) is 4.74. The molecule has 2 atom stereocenters. The monoisotopic (exact) mass is 208 g/mol. The van der Waals surface area contributed by atoms with Gasteiger partial charge in [0, 0.05) is 0 Å². The molecule has 3 aliphatic rings. The van der Waals surface area contributed by atoms with Gasteiger partial charge in [0.15, 0.2) is 0 Å². The minimum atomic E-state index is 0.541. The molecule has 2 unspecified atom stereocenters. The first kappa shape index (κ1) is 11.5. The van der Waals surface area contributed by atoms with Gasteiger partial charge in [-0.2, -0.15) is 0 Å². The van der Waals surface area contributed by atoms with Crippen molar-refractivity contribution >= 4 is 0 Å². The van der Waals surface area contributed by atoms with E-state index in [0.717, 1.165) is 23.7 Å². The minimum absolute atomic E-state index is 0.541. The van der Waals surface area contributed by atoms with Crippen molar-refractivity contribution in [2.75, 3.05) is 0 Å². The van der Waals surface area contributed by atoms with Gasteiger partial charge in [0.1, 0.15) is 0 Å². The van der Waals surface area contributed by atoms with Crippen LogP contribution in [0.2, 0.25) is 0 Å². The Hall–Kier alpha value is 0. The molecule has 0 aromatic rings. The minimum Gasteiger partial charge on any atom is -0.0599 e. The SMILES string of the molecule is CC(C)(C)C1CC2CC(C1)C2C(C)(C)C. The van der Waals surface area contributed by atoms with Crippen LogP contribution < -0.4 is 0 Å². The average Bonchev–Trinajstić information content (AvgIpc) is 1.99. The quantitative estimate of drug-likeness (QED) is 0.539. The Morgan fingerprint density at radius 2 is 1.13 bits per heavy atom. The number of hydrogen-bond acceptors (Lipinski definition) is 0. The van der Waals surface area contributed by atoms with Crippen molar-refractivity contribution in [3.05, 3.63) is 0 Å². The van der Waals surface area contributed by atoms with E-state index in [1.165, 1.54) is 19.3 Å². The molecule has 0 nitrogen and oxygen atoms in total. The van der Waals surface area contributed by atoms with E-state index in [9.17, 15) is 0 Å². The van der Waals surface area contributed by atoms with Crippen LogP contribution in [0.4, 0.5) is 0 Å². The summed E-state index contributed by atoms with van der Waals surface area (Å²) in [5, 5.41) is 0. The van der Waals surface area contributed by atoms with Crippen LogP contribution in [0, 0.1) is 34.5 Å². The predicted molar refractivity (Wildman–Crippen MR) is 66.7 cm³/mol. The van der Waals surface area contributed by atoms with Crippen molar-refractivity contribution in [1.29, 1.82) is 0 Å². The highest BCUT2D eigenvalue weighted by molar-refractivity contribution is 5.02. The summed E-state index contributed by atoms with van der Waals surface area (Å²) in [7, 11) is 0. The lowest BCUT2D eigenvalue weighted by atomic mass is 9.46. The lowest BCUT2D eigenvalue weighted by molar-refractivity contribution is -0.101. The van der Waals surface area contributed by atoms with Crippen LogP contribution in [0.25, 0.3) is 0 Å². The highest BCUT2D eigenvalue weighted by Gasteiger charge is 2.53. The van der Waals surface area contributed by atoms with Crippen molar-refractivity contribution in [1.82, 2.24) is 0 Å². The molecule has 0 saturated heterocycles. The van der Waals surface area contributed by atoms with Crippen LogP contribution in [-0.2, 0) is 0 Å². The topological polar surface area (TPSA) is 0 Å². The summed E-state index contributed by atoms with van der Waals surface area (Å²) in [6.45, 7) is 14.6. The van der Waals surface area contributed by atoms with Crippen molar-refractivity contribution in [3.8, 4) is 0 Å². The summed E-state index contributed by atoms with van der Waals surface area (Å²) >= 11 is 0. The fourth-order valence-electron chi connectivity index (χ4n) is 4.31. The first-order chi connectivity index (χ1) is 6.69. The third-order valence-electron chi connectivity index (χ3n) is 5.02. The molecule has 0 N–H and O–H groups in total. The van der Waals surface area contributed by atoms with Gasteiger partial charge in [-0.1, -0.05) is 41.5 Å². The van der Waals surface area contributed by atoms with E-state index in [4.69, 9.17) is 0 Å². The molecule has 15 heavy (non-hydrogen) atoms. The van der Waals surface area contributed by atoms with Gasteiger partial charge in [-0.3, -0.25) is 0 Å². The Morgan fingerprint density at radius 1 is 0.667 bits per heavy atom. The highest BCUT2D eigenvalue weighted by atomic mass is 14.6. The molecule has 3 saturated carbocycles. The van der Waals surface area contributed by atoms with E-state index in [-0.39, 0.29) is 0 Å². The van der Waals surface area contributed by atoms with Gasteiger partial charge in [0.25, 0.3) is 0 Å². The van der Waals surface area contributed by atoms with Crippen molar-refractivity contribution in [2.45, 2.75) is 60.8 Å². The Balaban J connectivity index is 2.03. The van der Waals surface area contributed by atoms with Gasteiger partial charge < -0.3 is 0 Å². The van der Waals surface area contributed by atoms with E-state index in [0.29, 0.717) is 10.8 Å². The molecule has 0 aliphatic heterocycles. The third-order valence-corrected chi connectivity index (χ3v) is 5.02. The molecule has 0 radical (unpaired) electrons. The Bertz CT molecular complexity index is 226. The normalized spacial score (nSPS) is 41.2. The van der Waals surface area contributed by atoms with E-state index in [1.807, 2.05) is 0 Å². The number of rotatable bonds is 0. The fourth-order valence-corrected chi connectivity index (χ4v) is 4.31. The van der Waals surface area contributed by atoms with E-state index < -0.39 is 0 Å². The summed E-state index contributed by atoms with van der Waals surface area (Å²) < 4.78 is 0. The molecule has 88 valence electrons. The molecular weight excluding hydrogens is 180 g/mol. The highest BCUT2D eigenvalue weighted by Crippen LogP contribution is 2.61.